The van der Waals surface area contributed by atoms with Gasteiger partial charge >= 0.3 is 0 Å². The summed E-state index contributed by atoms with van der Waals surface area (Å²) in [6, 6.07) is 8.27. The minimum Gasteiger partial charge on any atom is -0.497 e. The van der Waals surface area contributed by atoms with Gasteiger partial charge in [-0.2, -0.15) is 0 Å². The summed E-state index contributed by atoms with van der Waals surface area (Å²) in [5.74, 6) is 1.88. The number of benzene rings is 1. The highest BCUT2D eigenvalue weighted by Crippen LogP contribution is 2.42. The van der Waals surface area contributed by atoms with Crippen LogP contribution in [0.25, 0.3) is 0 Å². The fourth-order valence-corrected chi connectivity index (χ4v) is 3.43. The number of aliphatic hydroxyl groups is 1. The Hall–Kier alpha value is -1.02. The van der Waals surface area contributed by atoms with Crippen LogP contribution in [-0.2, 0) is 5.41 Å². The Kier molecular flexibility index (Phi) is 4.19. The van der Waals surface area contributed by atoms with E-state index in [-0.39, 0.29) is 11.5 Å². The second kappa shape index (κ2) is 5.54. The van der Waals surface area contributed by atoms with E-state index in [1.165, 1.54) is 12.0 Å². The first-order chi connectivity index (χ1) is 8.95. The van der Waals surface area contributed by atoms with E-state index in [9.17, 15) is 5.11 Å². The third-order valence-corrected chi connectivity index (χ3v) is 4.84. The van der Waals surface area contributed by atoms with Crippen LogP contribution in [0.2, 0.25) is 0 Å². The number of rotatable bonds is 3. The molecule has 2 rings (SSSR count). The van der Waals surface area contributed by atoms with Gasteiger partial charge in [0.25, 0.3) is 0 Å². The first-order valence-corrected chi connectivity index (χ1v) is 7.27. The summed E-state index contributed by atoms with van der Waals surface area (Å²) in [7, 11) is 1.69. The van der Waals surface area contributed by atoms with E-state index in [4.69, 9.17) is 4.74 Å². The van der Waals surface area contributed by atoms with Gasteiger partial charge in [-0.1, -0.05) is 39.3 Å². The van der Waals surface area contributed by atoms with Crippen molar-refractivity contribution in [2.45, 2.75) is 51.6 Å². The van der Waals surface area contributed by atoms with E-state index in [1.807, 2.05) is 12.1 Å². The zero-order valence-electron chi connectivity index (χ0n) is 12.5. The lowest BCUT2D eigenvalue weighted by atomic mass is 9.64. The molecule has 1 saturated carbocycles. The van der Waals surface area contributed by atoms with E-state index in [0.29, 0.717) is 11.8 Å². The normalized spacial score (nSPS) is 28.2. The molecule has 1 aromatic carbocycles. The summed E-state index contributed by atoms with van der Waals surface area (Å²) in [5.41, 5.74) is 1.29. The van der Waals surface area contributed by atoms with Crippen LogP contribution in [0.1, 0.15) is 45.6 Å². The maximum Gasteiger partial charge on any atom is 0.118 e. The van der Waals surface area contributed by atoms with Crippen molar-refractivity contribution in [1.29, 1.82) is 0 Å². The van der Waals surface area contributed by atoms with Gasteiger partial charge in [0.2, 0.25) is 0 Å². The SMILES string of the molecule is COc1ccc(C(C)(C)C2CCC(C)CC2O)cc1. The molecule has 3 atom stereocenters. The van der Waals surface area contributed by atoms with Gasteiger partial charge in [0.05, 0.1) is 13.2 Å². The molecule has 0 spiro atoms. The number of methoxy groups -OCH3 is 1. The topological polar surface area (TPSA) is 29.5 Å². The lowest BCUT2D eigenvalue weighted by molar-refractivity contribution is 0.0143. The molecule has 19 heavy (non-hydrogen) atoms. The van der Waals surface area contributed by atoms with Crippen molar-refractivity contribution >= 4 is 0 Å². The van der Waals surface area contributed by atoms with Gasteiger partial charge < -0.3 is 9.84 Å². The number of hydrogen-bond acceptors (Lipinski definition) is 2. The third kappa shape index (κ3) is 2.94. The highest BCUT2D eigenvalue weighted by atomic mass is 16.5. The summed E-state index contributed by atoms with van der Waals surface area (Å²) < 4.78 is 5.21. The van der Waals surface area contributed by atoms with Gasteiger partial charge in [0.1, 0.15) is 5.75 Å². The van der Waals surface area contributed by atoms with E-state index < -0.39 is 0 Å². The molecule has 0 heterocycles. The van der Waals surface area contributed by atoms with Crippen molar-refractivity contribution < 1.29 is 9.84 Å². The van der Waals surface area contributed by atoms with Crippen molar-refractivity contribution in [3.8, 4) is 5.75 Å². The Balaban J connectivity index is 2.20. The molecule has 2 nitrogen and oxygen atoms in total. The predicted octanol–water partition coefficient (Wildman–Crippen LogP) is 3.77. The molecule has 0 aromatic heterocycles. The number of aliphatic hydroxyl groups excluding tert-OH is 1. The summed E-state index contributed by atoms with van der Waals surface area (Å²) in [4.78, 5) is 0. The standard InChI is InChI=1S/C17H26O2/c1-12-5-10-15(16(18)11-12)17(2,3)13-6-8-14(19-4)9-7-13/h6-9,12,15-16,18H,5,10-11H2,1-4H3. The molecule has 0 amide bonds. The molecule has 0 aliphatic heterocycles. The second-order valence-electron chi connectivity index (χ2n) is 6.54. The monoisotopic (exact) mass is 262 g/mol. The van der Waals surface area contributed by atoms with E-state index in [0.717, 1.165) is 18.6 Å². The van der Waals surface area contributed by atoms with Crippen molar-refractivity contribution in [2.75, 3.05) is 7.11 Å². The van der Waals surface area contributed by atoms with E-state index in [1.54, 1.807) is 7.11 Å². The van der Waals surface area contributed by atoms with Crippen molar-refractivity contribution in [2.24, 2.45) is 11.8 Å². The third-order valence-electron chi connectivity index (χ3n) is 4.84. The maximum atomic E-state index is 10.4. The van der Waals surface area contributed by atoms with Crippen molar-refractivity contribution in [3.63, 3.8) is 0 Å². The quantitative estimate of drug-likeness (QED) is 0.898. The van der Waals surface area contributed by atoms with Crippen molar-refractivity contribution in [3.05, 3.63) is 29.8 Å². The smallest absolute Gasteiger partial charge is 0.118 e. The Morgan fingerprint density at radius 3 is 2.32 bits per heavy atom. The summed E-state index contributed by atoms with van der Waals surface area (Å²) in [5, 5.41) is 10.4. The predicted molar refractivity (Wildman–Crippen MR) is 78.5 cm³/mol. The average Bonchev–Trinajstić information content (AvgIpc) is 2.38. The first kappa shape index (κ1) is 14.4. The Morgan fingerprint density at radius 2 is 1.79 bits per heavy atom. The largest absolute Gasteiger partial charge is 0.497 e. The van der Waals surface area contributed by atoms with Gasteiger partial charge in [0, 0.05) is 0 Å². The van der Waals surface area contributed by atoms with Gasteiger partial charge in [0.15, 0.2) is 0 Å². The van der Waals surface area contributed by atoms with Gasteiger partial charge in [-0.15, -0.1) is 0 Å². The van der Waals surface area contributed by atoms with Crippen molar-refractivity contribution in [1.82, 2.24) is 0 Å². The highest BCUT2D eigenvalue weighted by molar-refractivity contribution is 5.32. The molecule has 0 saturated heterocycles. The fraction of sp³-hybridized carbons (Fsp3) is 0.647. The second-order valence-corrected chi connectivity index (χ2v) is 6.54. The van der Waals surface area contributed by atoms with E-state index >= 15 is 0 Å². The molecular formula is C17H26O2. The lowest BCUT2D eigenvalue weighted by Crippen LogP contribution is -2.41. The molecule has 1 aromatic rings. The maximum absolute atomic E-state index is 10.4. The minimum absolute atomic E-state index is 0.00578. The molecule has 2 heteroatoms. The van der Waals surface area contributed by atoms with E-state index in [2.05, 4.69) is 32.9 Å². The minimum atomic E-state index is -0.180. The molecular weight excluding hydrogens is 236 g/mol. The van der Waals surface area contributed by atoms with Crippen LogP contribution in [0.15, 0.2) is 24.3 Å². The molecule has 0 bridgehead atoms. The first-order valence-electron chi connectivity index (χ1n) is 7.27. The van der Waals surface area contributed by atoms with Crippen LogP contribution < -0.4 is 4.74 Å². The average molecular weight is 262 g/mol. The lowest BCUT2D eigenvalue weighted by Gasteiger charge is -2.42. The number of ether oxygens (including phenoxy) is 1. The van der Waals surface area contributed by atoms with Crippen LogP contribution in [0, 0.1) is 11.8 Å². The molecule has 1 aliphatic rings. The number of hydrogen-bond donors (Lipinski definition) is 1. The summed E-state index contributed by atoms with van der Waals surface area (Å²) in [6.07, 6.45) is 3.09. The van der Waals surface area contributed by atoms with Crippen LogP contribution in [0.4, 0.5) is 0 Å². The zero-order valence-corrected chi connectivity index (χ0v) is 12.5. The molecule has 1 N–H and O–H groups in total. The molecule has 0 radical (unpaired) electrons. The molecule has 106 valence electrons. The van der Waals surface area contributed by atoms with Gasteiger partial charge in [-0.3, -0.25) is 0 Å². The fourth-order valence-electron chi connectivity index (χ4n) is 3.43. The van der Waals surface area contributed by atoms with Crippen LogP contribution in [0.3, 0.4) is 0 Å². The summed E-state index contributed by atoms with van der Waals surface area (Å²) >= 11 is 0. The van der Waals surface area contributed by atoms with Crippen LogP contribution >= 0.6 is 0 Å². The molecule has 1 aliphatic carbocycles. The van der Waals surface area contributed by atoms with Gasteiger partial charge in [-0.05, 0) is 47.8 Å². The van der Waals surface area contributed by atoms with Crippen LogP contribution in [-0.4, -0.2) is 18.3 Å². The molecule has 3 unspecified atom stereocenters. The van der Waals surface area contributed by atoms with Gasteiger partial charge in [-0.25, -0.2) is 0 Å². The summed E-state index contributed by atoms with van der Waals surface area (Å²) in [6.45, 7) is 6.73. The Morgan fingerprint density at radius 1 is 1.16 bits per heavy atom. The zero-order chi connectivity index (χ0) is 14.0. The highest BCUT2D eigenvalue weighted by Gasteiger charge is 2.39. The Bertz CT molecular complexity index is 408. The molecule has 1 fully saturated rings. The Labute approximate surface area is 116 Å². The van der Waals surface area contributed by atoms with Crippen LogP contribution in [0.5, 0.6) is 5.75 Å².